The minimum absolute atomic E-state index is 0.0452. The molecule has 0 unspecified atom stereocenters. The minimum atomic E-state index is -0.609. The van der Waals surface area contributed by atoms with E-state index in [0.717, 1.165) is 17.0 Å². The lowest BCUT2D eigenvalue weighted by atomic mass is 10.1. The highest BCUT2D eigenvalue weighted by molar-refractivity contribution is 7.14. The van der Waals surface area contributed by atoms with Crippen LogP contribution in [0, 0.1) is 12.7 Å². The van der Waals surface area contributed by atoms with Gasteiger partial charge in [-0.1, -0.05) is 0 Å². The van der Waals surface area contributed by atoms with E-state index in [9.17, 15) is 18.8 Å². The number of Topliss-reactive ketones (excluding diaryl/α,β-unsaturated/α-hetero) is 2. The molecule has 0 radical (unpaired) electrons. The number of hydrogen-bond acceptors (Lipinski definition) is 5. The topological polar surface area (TPSA) is 60.4 Å². The van der Waals surface area contributed by atoms with Crippen molar-refractivity contribution in [3.63, 3.8) is 0 Å². The Labute approximate surface area is 136 Å². The Kier molecular flexibility index (Phi) is 5.76. The van der Waals surface area contributed by atoms with Crippen LogP contribution in [-0.4, -0.2) is 24.1 Å². The van der Waals surface area contributed by atoms with Gasteiger partial charge in [0.1, 0.15) is 5.82 Å². The third kappa shape index (κ3) is 5.10. The van der Waals surface area contributed by atoms with Gasteiger partial charge in [0.2, 0.25) is 0 Å². The number of benzene rings is 1. The van der Waals surface area contributed by atoms with Crippen LogP contribution in [0.15, 0.2) is 36.4 Å². The lowest BCUT2D eigenvalue weighted by molar-refractivity contribution is -0.142. The van der Waals surface area contributed by atoms with Gasteiger partial charge in [-0.05, 0) is 43.3 Å². The van der Waals surface area contributed by atoms with Crippen molar-refractivity contribution in [2.24, 2.45) is 0 Å². The van der Waals surface area contributed by atoms with Gasteiger partial charge in [0.05, 0.1) is 11.3 Å². The van der Waals surface area contributed by atoms with E-state index >= 15 is 0 Å². The van der Waals surface area contributed by atoms with Crippen molar-refractivity contribution in [2.45, 2.75) is 19.8 Å². The van der Waals surface area contributed by atoms with Crippen molar-refractivity contribution < 1.29 is 23.5 Å². The van der Waals surface area contributed by atoms with E-state index < -0.39 is 24.2 Å². The molecule has 0 atom stereocenters. The van der Waals surface area contributed by atoms with Crippen molar-refractivity contribution in [1.29, 1.82) is 0 Å². The standard InChI is InChI=1S/C17H15FO4S/c1-11-2-8-16(23-11)14(19)7-9-17(21)22-10-15(20)12-3-5-13(18)6-4-12/h2-6,8H,7,9-10H2,1H3. The van der Waals surface area contributed by atoms with Crippen molar-refractivity contribution in [3.8, 4) is 0 Å². The molecule has 0 aliphatic carbocycles. The molecule has 120 valence electrons. The summed E-state index contributed by atoms with van der Waals surface area (Å²) in [5.74, 6) is -1.59. The number of ketones is 2. The summed E-state index contributed by atoms with van der Waals surface area (Å²) in [6.07, 6.45) is -0.0317. The monoisotopic (exact) mass is 334 g/mol. The van der Waals surface area contributed by atoms with E-state index in [1.54, 1.807) is 6.07 Å². The van der Waals surface area contributed by atoms with Crippen molar-refractivity contribution >= 4 is 28.9 Å². The number of esters is 1. The number of thiophene rings is 1. The second kappa shape index (κ2) is 7.78. The van der Waals surface area contributed by atoms with E-state index in [-0.39, 0.29) is 24.2 Å². The highest BCUT2D eigenvalue weighted by Crippen LogP contribution is 2.17. The summed E-state index contributed by atoms with van der Waals surface area (Å²) in [5.41, 5.74) is 0.268. The van der Waals surface area contributed by atoms with E-state index in [4.69, 9.17) is 4.74 Å². The first kappa shape index (κ1) is 17.0. The normalized spacial score (nSPS) is 10.3. The van der Waals surface area contributed by atoms with Crippen LogP contribution in [0.4, 0.5) is 4.39 Å². The lowest BCUT2D eigenvalue weighted by Gasteiger charge is -2.04. The lowest BCUT2D eigenvalue weighted by Crippen LogP contribution is -2.15. The first-order chi connectivity index (χ1) is 11.0. The van der Waals surface area contributed by atoms with E-state index in [2.05, 4.69) is 0 Å². The number of ether oxygens (including phenoxy) is 1. The van der Waals surface area contributed by atoms with Crippen LogP contribution in [0.1, 0.15) is 37.7 Å². The Bertz CT molecular complexity index is 718. The van der Waals surface area contributed by atoms with Gasteiger partial charge in [-0.25, -0.2) is 4.39 Å². The molecule has 4 nitrogen and oxygen atoms in total. The van der Waals surface area contributed by atoms with Crippen LogP contribution < -0.4 is 0 Å². The molecular formula is C17H15FO4S. The van der Waals surface area contributed by atoms with Crippen LogP contribution in [-0.2, 0) is 9.53 Å². The molecule has 0 aliphatic heterocycles. The molecule has 0 saturated heterocycles. The van der Waals surface area contributed by atoms with Gasteiger partial charge in [0, 0.05) is 16.9 Å². The molecule has 23 heavy (non-hydrogen) atoms. The zero-order valence-electron chi connectivity index (χ0n) is 12.5. The van der Waals surface area contributed by atoms with Crippen molar-refractivity contribution in [2.75, 3.05) is 6.61 Å². The second-order valence-electron chi connectivity index (χ2n) is 4.92. The van der Waals surface area contributed by atoms with Gasteiger partial charge >= 0.3 is 5.97 Å². The van der Waals surface area contributed by atoms with E-state index in [1.807, 2.05) is 13.0 Å². The first-order valence-corrected chi connectivity index (χ1v) is 7.81. The summed E-state index contributed by atoms with van der Waals surface area (Å²) in [7, 11) is 0. The fourth-order valence-corrected chi connectivity index (χ4v) is 2.70. The van der Waals surface area contributed by atoms with Gasteiger partial charge in [0.25, 0.3) is 0 Å². The molecule has 1 heterocycles. The summed E-state index contributed by atoms with van der Waals surface area (Å²) in [6, 6.07) is 8.55. The summed E-state index contributed by atoms with van der Waals surface area (Å²) < 4.78 is 17.6. The Morgan fingerprint density at radius 3 is 2.30 bits per heavy atom. The van der Waals surface area contributed by atoms with Crippen LogP contribution in [0.3, 0.4) is 0 Å². The molecule has 0 saturated carbocycles. The number of aryl methyl sites for hydroxylation is 1. The maximum absolute atomic E-state index is 12.8. The number of rotatable bonds is 7. The predicted molar refractivity (Wildman–Crippen MR) is 84.3 cm³/mol. The number of carbonyl (C=O) groups is 3. The molecule has 0 amide bonds. The number of carbonyl (C=O) groups excluding carboxylic acids is 3. The third-order valence-electron chi connectivity index (χ3n) is 3.10. The van der Waals surface area contributed by atoms with Crippen LogP contribution in [0.2, 0.25) is 0 Å². The second-order valence-corrected chi connectivity index (χ2v) is 6.21. The third-order valence-corrected chi connectivity index (χ3v) is 4.14. The van der Waals surface area contributed by atoms with Gasteiger partial charge in [0.15, 0.2) is 18.2 Å². The zero-order chi connectivity index (χ0) is 16.8. The SMILES string of the molecule is Cc1ccc(C(=O)CCC(=O)OCC(=O)c2ccc(F)cc2)s1. The number of hydrogen-bond donors (Lipinski definition) is 0. The summed E-state index contributed by atoms with van der Waals surface area (Å²) in [6.45, 7) is 1.48. The molecule has 0 fully saturated rings. The average molecular weight is 334 g/mol. The molecule has 0 spiro atoms. The van der Waals surface area contributed by atoms with Gasteiger partial charge in [-0.15, -0.1) is 11.3 Å². The molecule has 0 N–H and O–H groups in total. The van der Waals surface area contributed by atoms with Gasteiger partial charge in [-0.3, -0.25) is 14.4 Å². The summed E-state index contributed by atoms with van der Waals surface area (Å²) in [5, 5.41) is 0. The molecular weight excluding hydrogens is 319 g/mol. The minimum Gasteiger partial charge on any atom is -0.457 e. The van der Waals surface area contributed by atoms with Crippen molar-refractivity contribution in [3.05, 3.63) is 57.5 Å². The average Bonchev–Trinajstić information content (AvgIpc) is 2.97. The fourth-order valence-electron chi connectivity index (χ4n) is 1.86. The zero-order valence-corrected chi connectivity index (χ0v) is 13.3. The van der Waals surface area contributed by atoms with Gasteiger partial charge in [-0.2, -0.15) is 0 Å². The molecule has 0 bridgehead atoms. The molecule has 1 aromatic carbocycles. The first-order valence-electron chi connectivity index (χ1n) is 7.00. The Hall–Kier alpha value is -2.34. The molecule has 6 heteroatoms. The summed E-state index contributed by atoms with van der Waals surface area (Å²) >= 11 is 1.38. The Morgan fingerprint density at radius 1 is 1.00 bits per heavy atom. The van der Waals surface area contributed by atoms with Gasteiger partial charge < -0.3 is 4.74 Å². The Morgan fingerprint density at radius 2 is 1.70 bits per heavy atom. The van der Waals surface area contributed by atoms with Crippen LogP contribution in [0.5, 0.6) is 0 Å². The quantitative estimate of drug-likeness (QED) is 0.573. The summed E-state index contributed by atoms with van der Waals surface area (Å²) in [4.78, 5) is 36.8. The highest BCUT2D eigenvalue weighted by atomic mass is 32.1. The van der Waals surface area contributed by atoms with Crippen LogP contribution >= 0.6 is 11.3 Å². The molecule has 0 aliphatic rings. The molecule has 2 rings (SSSR count). The molecule has 2 aromatic rings. The maximum Gasteiger partial charge on any atom is 0.306 e. The predicted octanol–water partition coefficient (Wildman–Crippen LogP) is 3.58. The fraction of sp³-hybridized carbons (Fsp3) is 0.235. The molecule has 1 aromatic heterocycles. The maximum atomic E-state index is 12.8. The van der Waals surface area contributed by atoms with E-state index in [1.165, 1.54) is 23.5 Å². The van der Waals surface area contributed by atoms with Crippen LogP contribution in [0.25, 0.3) is 0 Å². The number of halogens is 1. The van der Waals surface area contributed by atoms with E-state index in [0.29, 0.717) is 4.88 Å². The highest BCUT2D eigenvalue weighted by Gasteiger charge is 2.14. The smallest absolute Gasteiger partial charge is 0.306 e. The Balaban J connectivity index is 1.75. The largest absolute Gasteiger partial charge is 0.457 e. The van der Waals surface area contributed by atoms with Crippen molar-refractivity contribution in [1.82, 2.24) is 0 Å².